The van der Waals surface area contributed by atoms with Crippen LogP contribution in [0, 0.1) is 17.2 Å². The minimum absolute atomic E-state index is 0.0643. The van der Waals surface area contributed by atoms with Gasteiger partial charge in [0.2, 0.25) is 5.91 Å². The van der Waals surface area contributed by atoms with Crippen molar-refractivity contribution in [2.45, 2.75) is 77.5 Å². The Hall–Kier alpha value is -3.66. The number of halogens is 1. The van der Waals surface area contributed by atoms with Crippen LogP contribution in [0.3, 0.4) is 0 Å². The van der Waals surface area contributed by atoms with E-state index in [1.54, 1.807) is 24.6 Å². The zero-order valence-electron chi connectivity index (χ0n) is 30.7. The molecule has 2 aromatic rings. The van der Waals surface area contributed by atoms with Crippen molar-refractivity contribution >= 4 is 27.8 Å². The Morgan fingerprint density at radius 2 is 1.79 bits per heavy atom. The highest BCUT2D eigenvalue weighted by atomic mass is 32.2. The van der Waals surface area contributed by atoms with Gasteiger partial charge in [-0.15, -0.1) is 0 Å². The number of hydrogen-bond acceptors (Lipinski definition) is 9. The van der Waals surface area contributed by atoms with Gasteiger partial charge < -0.3 is 24.3 Å². The highest BCUT2D eigenvalue weighted by Crippen LogP contribution is 2.43. The monoisotopic (exact) mass is 738 g/mol. The average Bonchev–Trinajstić information content (AvgIpc) is 3.85. The molecule has 0 N–H and O–H groups in total. The zero-order valence-corrected chi connectivity index (χ0v) is 31.5. The normalized spacial score (nSPS) is 24.9. The number of anilines is 1. The van der Waals surface area contributed by atoms with Crippen LogP contribution in [0.4, 0.5) is 10.2 Å². The molecule has 5 aliphatic heterocycles. The third kappa shape index (κ3) is 6.92. The number of piperidine rings is 1. The molecule has 3 atom stereocenters. The topological polar surface area (TPSA) is 123 Å². The summed E-state index contributed by atoms with van der Waals surface area (Å²) in [5, 5.41) is 0. The van der Waals surface area contributed by atoms with Crippen LogP contribution in [-0.2, 0) is 15.0 Å². The fourth-order valence-electron chi connectivity index (χ4n) is 9.23. The molecule has 6 heterocycles. The molecule has 5 aliphatic rings. The molecule has 0 radical (unpaired) electrons. The van der Waals surface area contributed by atoms with Gasteiger partial charge in [0.1, 0.15) is 17.9 Å². The van der Waals surface area contributed by atoms with Crippen LogP contribution < -0.4 is 9.64 Å². The third-order valence-corrected chi connectivity index (χ3v) is 13.7. The van der Waals surface area contributed by atoms with Crippen LogP contribution in [-0.4, -0.2) is 137 Å². The van der Waals surface area contributed by atoms with Gasteiger partial charge in [-0.1, -0.05) is 6.58 Å². The number of carbonyl (C=O) groups excluding carboxylic acids is 2. The van der Waals surface area contributed by atoms with E-state index >= 15 is 0 Å². The first-order valence-electron chi connectivity index (χ1n) is 18.6. The Kier molecular flexibility index (Phi) is 10.1. The zero-order chi connectivity index (χ0) is 36.9. The Bertz CT molecular complexity index is 1790. The maximum Gasteiger partial charge on any atom is 0.282 e. The number of nitrogens with zero attached hydrogens (tertiary/aromatic N) is 8. The SMILES string of the molecule is C=CC(=O)N1C[C@@H]2C[C@H]1CN2S(=O)(=O)N1CCC2(CC1)CN(C[C@@H]1CCN(c3ncncc3Oc3ccc(F)cc3C(=O)N(C(C)C)C(C)C)C1)C2. The van der Waals surface area contributed by atoms with Gasteiger partial charge in [0, 0.05) is 83.1 Å². The number of hydrogen-bond donors (Lipinski definition) is 0. The van der Waals surface area contributed by atoms with Crippen molar-refractivity contribution in [3.05, 3.63) is 54.8 Å². The van der Waals surface area contributed by atoms with Gasteiger partial charge in [-0.25, -0.2) is 14.4 Å². The molecule has 2 amide bonds. The lowest BCUT2D eigenvalue weighted by Gasteiger charge is -2.54. The van der Waals surface area contributed by atoms with E-state index in [-0.39, 0.29) is 52.7 Å². The Labute approximate surface area is 306 Å². The van der Waals surface area contributed by atoms with Crippen LogP contribution in [0.5, 0.6) is 11.5 Å². The Morgan fingerprint density at radius 3 is 2.44 bits per heavy atom. The quantitative estimate of drug-likeness (QED) is 0.319. The van der Waals surface area contributed by atoms with Gasteiger partial charge in [0.15, 0.2) is 11.6 Å². The maximum atomic E-state index is 14.4. The molecule has 2 bridgehead atoms. The second-order valence-electron chi connectivity index (χ2n) is 15.8. The predicted molar refractivity (Wildman–Crippen MR) is 195 cm³/mol. The largest absolute Gasteiger partial charge is 0.451 e. The molecule has 282 valence electrons. The van der Waals surface area contributed by atoms with E-state index in [1.807, 2.05) is 27.7 Å². The van der Waals surface area contributed by atoms with Crippen molar-refractivity contribution in [2.24, 2.45) is 11.3 Å². The number of piperazine rings is 1. The maximum absolute atomic E-state index is 14.4. The van der Waals surface area contributed by atoms with Crippen molar-refractivity contribution in [1.29, 1.82) is 0 Å². The molecular formula is C37H51FN8O5S. The van der Waals surface area contributed by atoms with Crippen molar-refractivity contribution in [3.63, 3.8) is 0 Å². The number of carbonyl (C=O) groups is 2. The van der Waals surface area contributed by atoms with Gasteiger partial charge in [-0.2, -0.15) is 17.0 Å². The van der Waals surface area contributed by atoms with Crippen LogP contribution in [0.2, 0.25) is 0 Å². The average molecular weight is 739 g/mol. The predicted octanol–water partition coefficient (Wildman–Crippen LogP) is 3.61. The first-order chi connectivity index (χ1) is 24.8. The van der Waals surface area contributed by atoms with Crippen LogP contribution in [0.15, 0.2) is 43.4 Å². The van der Waals surface area contributed by atoms with Gasteiger partial charge in [-0.05, 0) is 89.0 Å². The summed E-state index contributed by atoms with van der Waals surface area (Å²) in [6, 6.07) is 3.63. The lowest BCUT2D eigenvalue weighted by atomic mass is 9.72. The molecule has 1 aromatic heterocycles. The Balaban J connectivity index is 0.922. The van der Waals surface area contributed by atoms with Gasteiger partial charge in [-0.3, -0.25) is 9.59 Å². The molecular weight excluding hydrogens is 688 g/mol. The van der Waals surface area contributed by atoms with Gasteiger partial charge in [0.25, 0.3) is 16.1 Å². The lowest BCUT2D eigenvalue weighted by Crippen LogP contribution is -2.62. The summed E-state index contributed by atoms with van der Waals surface area (Å²) in [7, 11) is -3.56. The van der Waals surface area contributed by atoms with Crippen LogP contribution in [0.1, 0.15) is 63.7 Å². The van der Waals surface area contributed by atoms with E-state index < -0.39 is 16.0 Å². The molecule has 1 spiro atoms. The number of amides is 2. The fraction of sp³-hybridized carbons (Fsp3) is 0.622. The molecule has 0 aliphatic carbocycles. The van der Waals surface area contributed by atoms with E-state index in [1.165, 1.54) is 30.6 Å². The molecule has 13 nitrogen and oxygen atoms in total. The number of rotatable bonds is 11. The second kappa shape index (κ2) is 14.3. The van der Waals surface area contributed by atoms with E-state index in [4.69, 9.17) is 4.74 Å². The summed E-state index contributed by atoms with van der Waals surface area (Å²) < 4.78 is 51.2. The second-order valence-corrected chi connectivity index (χ2v) is 17.7. The molecule has 7 rings (SSSR count). The van der Waals surface area contributed by atoms with E-state index in [0.717, 1.165) is 52.0 Å². The molecule has 52 heavy (non-hydrogen) atoms. The molecule has 0 unspecified atom stereocenters. The molecule has 1 aromatic carbocycles. The lowest BCUT2D eigenvalue weighted by molar-refractivity contribution is -0.127. The third-order valence-electron chi connectivity index (χ3n) is 11.7. The number of fused-ring (bicyclic) bond motifs is 2. The minimum Gasteiger partial charge on any atom is -0.451 e. The van der Waals surface area contributed by atoms with Crippen LogP contribution in [0.25, 0.3) is 0 Å². The standard InChI is InChI=1S/C37H51FN8O5S/c1-6-34(47)44-20-30-16-29(44)21-45(30)52(49,50)43-13-10-37(11-14-43)22-41(23-37)18-27-9-12-42(19-27)35-33(17-39-24-40-35)51-32-8-7-28(38)15-31(32)36(48)46(25(2)3)26(4)5/h6-8,15,17,24-27,29-30H,1,9-14,16,18-23H2,2-5H3/t27-,29-,30-/m0/s1. The van der Waals surface area contributed by atoms with Crippen LogP contribution >= 0.6 is 0 Å². The van der Waals surface area contributed by atoms with Gasteiger partial charge >= 0.3 is 0 Å². The number of benzene rings is 1. The summed E-state index contributed by atoms with van der Waals surface area (Å²) in [5.41, 5.74) is 0.308. The van der Waals surface area contributed by atoms with E-state index in [2.05, 4.69) is 26.3 Å². The fourth-order valence-corrected chi connectivity index (χ4v) is 11.1. The highest BCUT2D eigenvalue weighted by Gasteiger charge is 2.53. The first kappa shape index (κ1) is 36.7. The smallest absolute Gasteiger partial charge is 0.282 e. The molecule has 5 saturated heterocycles. The van der Waals surface area contributed by atoms with Crippen molar-refractivity contribution in [1.82, 2.24) is 33.3 Å². The van der Waals surface area contributed by atoms with Gasteiger partial charge in [0.05, 0.1) is 11.8 Å². The minimum atomic E-state index is -3.56. The summed E-state index contributed by atoms with van der Waals surface area (Å²) >= 11 is 0. The highest BCUT2D eigenvalue weighted by molar-refractivity contribution is 7.86. The summed E-state index contributed by atoms with van der Waals surface area (Å²) in [5.74, 6) is 0.807. The number of ether oxygens (including phenoxy) is 1. The number of likely N-dealkylation sites (tertiary alicyclic amines) is 2. The first-order valence-corrected chi connectivity index (χ1v) is 20.0. The van der Waals surface area contributed by atoms with Crippen molar-refractivity contribution in [3.8, 4) is 11.5 Å². The molecule has 0 saturated carbocycles. The summed E-state index contributed by atoms with van der Waals surface area (Å²) in [6.45, 7) is 17.7. The molecule has 5 fully saturated rings. The summed E-state index contributed by atoms with van der Waals surface area (Å²) in [6.07, 6.45) is 7.78. The summed E-state index contributed by atoms with van der Waals surface area (Å²) in [4.78, 5) is 42.6. The van der Waals surface area contributed by atoms with Crippen molar-refractivity contribution < 1.29 is 27.1 Å². The van der Waals surface area contributed by atoms with E-state index in [0.29, 0.717) is 50.1 Å². The Morgan fingerprint density at radius 1 is 1.06 bits per heavy atom. The van der Waals surface area contributed by atoms with Crippen molar-refractivity contribution in [2.75, 3.05) is 63.8 Å². The number of aromatic nitrogens is 2. The molecule has 15 heteroatoms. The van der Waals surface area contributed by atoms with E-state index in [9.17, 15) is 22.4 Å².